The molecule has 0 radical (unpaired) electrons. The number of carbonyl (C=O) groups excluding carboxylic acids is 2. The van der Waals surface area contributed by atoms with Crippen molar-refractivity contribution in [3.8, 4) is 11.5 Å². The lowest BCUT2D eigenvalue weighted by molar-refractivity contribution is -0.152. The summed E-state index contributed by atoms with van der Waals surface area (Å²) in [6.07, 6.45) is 8.56. The minimum absolute atomic E-state index is 0.144. The van der Waals surface area contributed by atoms with Crippen molar-refractivity contribution in [2.45, 2.75) is 58.2 Å². The fraction of sp³-hybridized carbons (Fsp3) is 0.256. The van der Waals surface area contributed by atoms with Crippen LogP contribution in [0.15, 0.2) is 103 Å². The first-order valence-corrected chi connectivity index (χ1v) is 18.7. The summed E-state index contributed by atoms with van der Waals surface area (Å²) in [5, 5.41) is 25.4. The molecule has 0 aliphatic carbocycles. The molecule has 4 aromatic carbocycles. The highest BCUT2D eigenvalue weighted by atomic mass is 35.5. The Morgan fingerprint density at radius 2 is 1.04 bits per heavy atom. The maximum absolute atomic E-state index is 11.9. The van der Waals surface area contributed by atoms with Crippen LogP contribution in [0.25, 0.3) is 12.2 Å². The van der Waals surface area contributed by atoms with Crippen LogP contribution in [-0.2, 0) is 32.0 Å². The van der Waals surface area contributed by atoms with Crippen LogP contribution in [0.2, 0.25) is 15.1 Å². The number of amides is 2. The lowest BCUT2D eigenvalue weighted by Crippen LogP contribution is -2.37. The Morgan fingerprint density at radius 1 is 0.589 bits per heavy atom. The molecule has 0 saturated carbocycles. The molecule has 0 saturated heterocycles. The van der Waals surface area contributed by atoms with Crippen LogP contribution in [0.1, 0.15) is 56.4 Å². The number of hydrogen-bond acceptors (Lipinski definition) is 6. The maximum Gasteiger partial charge on any atom is 0.347 e. The number of ether oxygens (including phenoxy) is 2. The summed E-state index contributed by atoms with van der Waals surface area (Å²) < 4.78 is 10.9. The van der Waals surface area contributed by atoms with Gasteiger partial charge in [0.25, 0.3) is 0 Å². The number of aryl methyl sites for hydroxylation is 1. The normalized spacial score (nSPS) is 11.4. The van der Waals surface area contributed by atoms with Crippen molar-refractivity contribution in [2.24, 2.45) is 0 Å². The van der Waals surface area contributed by atoms with Gasteiger partial charge in [0.15, 0.2) is 11.2 Å². The van der Waals surface area contributed by atoms with Crippen LogP contribution < -0.4 is 20.1 Å². The van der Waals surface area contributed by atoms with E-state index in [-0.39, 0.29) is 11.8 Å². The number of nitrogens with one attached hydrogen (secondary N) is 2. The highest BCUT2D eigenvalue weighted by molar-refractivity contribution is 6.42. The molecule has 10 nitrogen and oxygen atoms in total. The molecule has 4 N–H and O–H groups in total. The van der Waals surface area contributed by atoms with Gasteiger partial charge in [-0.1, -0.05) is 77.3 Å². The third kappa shape index (κ3) is 16.2. The third-order valence-electron chi connectivity index (χ3n) is 7.95. The van der Waals surface area contributed by atoms with E-state index in [0.717, 1.165) is 35.1 Å². The van der Waals surface area contributed by atoms with Crippen LogP contribution >= 0.6 is 34.8 Å². The molecule has 0 atom stereocenters. The van der Waals surface area contributed by atoms with E-state index in [1.165, 1.54) is 39.8 Å². The molecule has 56 heavy (non-hydrogen) atoms. The maximum atomic E-state index is 11.9. The van der Waals surface area contributed by atoms with Crippen molar-refractivity contribution in [2.75, 3.05) is 13.1 Å². The quantitative estimate of drug-likeness (QED) is 0.0609. The van der Waals surface area contributed by atoms with Gasteiger partial charge in [-0.2, -0.15) is 0 Å². The van der Waals surface area contributed by atoms with E-state index >= 15 is 0 Å². The Bertz CT molecular complexity index is 1990. The Balaban J connectivity index is 0.000000300. The van der Waals surface area contributed by atoms with E-state index in [4.69, 9.17) is 54.5 Å². The van der Waals surface area contributed by atoms with Crippen molar-refractivity contribution in [1.82, 2.24) is 10.6 Å². The Hall–Kier alpha value is -5.29. The Kier molecular flexibility index (Phi) is 17.5. The van der Waals surface area contributed by atoms with E-state index < -0.39 is 23.1 Å². The third-order valence-corrected chi connectivity index (χ3v) is 8.94. The summed E-state index contributed by atoms with van der Waals surface area (Å²) in [4.78, 5) is 45.9. The van der Waals surface area contributed by atoms with Crippen LogP contribution in [0.4, 0.5) is 0 Å². The first-order valence-electron chi connectivity index (χ1n) is 17.6. The number of carboxylic acid groups (broad SMARTS) is 2. The average Bonchev–Trinajstić information content (AvgIpc) is 3.15. The second-order valence-corrected chi connectivity index (χ2v) is 14.7. The van der Waals surface area contributed by atoms with E-state index in [2.05, 4.69) is 10.6 Å². The lowest BCUT2D eigenvalue weighted by Gasteiger charge is -2.21. The summed E-state index contributed by atoms with van der Waals surface area (Å²) in [5.41, 5.74) is 1.21. The van der Waals surface area contributed by atoms with Gasteiger partial charge in [0.1, 0.15) is 11.5 Å². The molecule has 0 bridgehead atoms. The van der Waals surface area contributed by atoms with Gasteiger partial charge in [-0.3, -0.25) is 9.59 Å². The summed E-state index contributed by atoms with van der Waals surface area (Å²) in [6, 6.07) is 26.8. The van der Waals surface area contributed by atoms with Crippen molar-refractivity contribution < 1.29 is 38.9 Å². The molecule has 13 heteroatoms. The Morgan fingerprint density at radius 3 is 1.52 bits per heavy atom. The smallest absolute Gasteiger partial charge is 0.347 e. The first-order chi connectivity index (χ1) is 26.4. The molecule has 0 unspecified atom stereocenters. The van der Waals surface area contributed by atoms with Crippen molar-refractivity contribution in [3.63, 3.8) is 0 Å². The van der Waals surface area contributed by atoms with Gasteiger partial charge >= 0.3 is 11.9 Å². The summed E-state index contributed by atoms with van der Waals surface area (Å²) in [6.45, 7) is 7.02. The highest BCUT2D eigenvalue weighted by Gasteiger charge is 2.30. The SMILES string of the molecule is CC(C)(Oc1ccc(CCCNC(=O)/C=C/c2ccc(Cl)cc2)cc1)C(=O)O.CC(C)(Oc1ccc(CCNC(=O)/C=C/c2ccc(Cl)c(Cl)c2)cc1)C(=O)O. The standard InChI is InChI=1S/C22H24ClNO4.C21H21Cl2NO4/c1-22(2,21(26)27)28-19-12-7-16(8-13-19)4-3-15-24-20(25)14-9-17-5-10-18(23)11-6-17;1-21(2,20(26)27)28-16-7-3-14(4-8-16)11-12-24-19(25)10-6-15-5-9-17(22)18(23)13-15/h5-14H,3-4,15H2,1-2H3,(H,24,25)(H,26,27);3-10,13H,11-12H2,1-2H3,(H,24,25)(H,26,27)/b14-9+;10-6+. The summed E-state index contributed by atoms with van der Waals surface area (Å²) in [7, 11) is 0. The summed E-state index contributed by atoms with van der Waals surface area (Å²) in [5.74, 6) is -1.42. The van der Waals surface area contributed by atoms with E-state index in [1.807, 2.05) is 36.4 Å². The second kappa shape index (κ2) is 21.7. The van der Waals surface area contributed by atoms with Gasteiger partial charge in [0.2, 0.25) is 11.8 Å². The number of benzene rings is 4. The monoisotopic (exact) mass is 822 g/mol. The van der Waals surface area contributed by atoms with E-state index in [9.17, 15) is 19.2 Å². The average molecular weight is 824 g/mol. The topological polar surface area (TPSA) is 151 Å². The first kappa shape index (κ1) is 45.1. The fourth-order valence-electron chi connectivity index (χ4n) is 4.61. The predicted octanol–water partition coefficient (Wildman–Crippen LogP) is 8.95. The minimum atomic E-state index is -1.30. The zero-order valence-corrected chi connectivity index (χ0v) is 33.8. The van der Waals surface area contributed by atoms with Gasteiger partial charge in [-0.15, -0.1) is 0 Å². The molecule has 0 heterocycles. The van der Waals surface area contributed by atoms with Gasteiger partial charge < -0.3 is 30.3 Å². The number of carbonyl (C=O) groups is 4. The van der Waals surface area contributed by atoms with Crippen molar-refractivity contribution in [1.29, 1.82) is 0 Å². The van der Waals surface area contributed by atoms with Crippen LogP contribution in [-0.4, -0.2) is 58.3 Å². The fourth-order valence-corrected chi connectivity index (χ4v) is 5.04. The molecule has 4 rings (SSSR count). The molecule has 0 fully saturated rings. The van der Waals surface area contributed by atoms with Crippen LogP contribution in [0.5, 0.6) is 11.5 Å². The molecule has 0 aliphatic heterocycles. The highest BCUT2D eigenvalue weighted by Crippen LogP contribution is 2.24. The lowest BCUT2D eigenvalue weighted by atomic mass is 10.1. The number of aliphatic carboxylic acids is 2. The molecule has 0 spiro atoms. The van der Waals surface area contributed by atoms with Crippen LogP contribution in [0.3, 0.4) is 0 Å². The second-order valence-electron chi connectivity index (χ2n) is 13.5. The molecule has 0 aliphatic rings. The number of halogens is 3. The zero-order valence-electron chi connectivity index (χ0n) is 31.5. The van der Waals surface area contributed by atoms with Gasteiger partial charge in [0, 0.05) is 30.3 Å². The molecule has 4 aromatic rings. The predicted molar refractivity (Wildman–Crippen MR) is 222 cm³/mol. The van der Waals surface area contributed by atoms with E-state index in [0.29, 0.717) is 46.1 Å². The van der Waals surface area contributed by atoms with Gasteiger partial charge in [-0.25, -0.2) is 9.59 Å². The molecule has 2 amide bonds. The molecule has 0 aromatic heterocycles. The largest absolute Gasteiger partial charge is 0.478 e. The molecular weight excluding hydrogens is 779 g/mol. The zero-order chi connectivity index (χ0) is 41.3. The molecular formula is C43H45Cl3N2O8. The number of rotatable bonds is 17. The van der Waals surface area contributed by atoms with Gasteiger partial charge in [0.05, 0.1) is 10.0 Å². The number of hydrogen-bond donors (Lipinski definition) is 4. The molecule has 296 valence electrons. The summed E-state index contributed by atoms with van der Waals surface area (Å²) >= 11 is 17.6. The Labute approximate surface area is 342 Å². The minimum Gasteiger partial charge on any atom is -0.478 e. The van der Waals surface area contributed by atoms with Crippen molar-refractivity contribution >= 4 is 70.7 Å². The van der Waals surface area contributed by atoms with Gasteiger partial charge in [-0.05, 0) is 130 Å². The van der Waals surface area contributed by atoms with Crippen molar-refractivity contribution in [3.05, 3.63) is 140 Å². The van der Waals surface area contributed by atoms with Crippen LogP contribution in [0, 0.1) is 0 Å². The number of carboxylic acids is 2. The van der Waals surface area contributed by atoms with E-state index in [1.54, 1.807) is 66.7 Å².